The zero-order valence-electron chi connectivity index (χ0n) is 15.5. The third kappa shape index (κ3) is 7.34. The molecule has 7 atom stereocenters. The summed E-state index contributed by atoms with van der Waals surface area (Å²) in [5.41, 5.74) is 0. The largest absolute Gasteiger partial charge is 0.393 e. The number of nitrogens with one attached hydrogen (secondary N) is 2. The summed E-state index contributed by atoms with van der Waals surface area (Å²) in [6, 6.07) is -1.26. The number of rotatable bonds is 9. The minimum Gasteiger partial charge on any atom is -0.393 e. The lowest BCUT2D eigenvalue weighted by molar-refractivity contribution is -0.120. The van der Waals surface area contributed by atoms with Crippen molar-refractivity contribution in [3.63, 3.8) is 0 Å². The van der Waals surface area contributed by atoms with Crippen LogP contribution in [0.3, 0.4) is 0 Å². The minimum absolute atomic E-state index is 0.0749. The molecule has 1 rings (SSSR count). The zero-order chi connectivity index (χ0) is 19.7. The van der Waals surface area contributed by atoms with Crippen molar-refractivity contribution in [2.45, 2.75) is 88.6 Å². The number of carbonyl (C=O) groups is 1. The predicted octanol–water partition coefficient (Wildman–Crippen LogP) is -1.15. The van der Waals surface area contributed by atoms with Crippen molar-refractivity contribution in [1.29, 1.82) is 0 Å². The molecule has 9 nitrogen and oxygen atoms in total. The summed E-state index contributed by atoms with van der Waals surface area (Å²) in [4.78, 5) is 11.8. The van der Waals surface area contributed by atoms with Crippen LogP contribution in [0.15, 0.2) is 0 Å². The summed E-state index contributed by atoms with van der Waals surface area (Å²) < 4.78 is 5.67. The van der Waals surface area contributed by atoms with Crippen LogP contribution in [0, 0.1) is 0 Å². The SMILES string of the molecule is CCNC(=O)NC(COC1CCCC(O)C(O)C1O)C(O)CC(O)CC. The van der Waals surface area contributed by atoms with Gasteiger partial charge in [0.15, 0.2) is 0 Å². The first-order chi connectivity index (χ1) is 12.3. The second-order valence-corrected chi connectivity index (χ2v) is 6.83. The number of aliphatic hydroxyl groups excluding tert-OH is 5. The van der Waals surface area contributed by atoms with Gasteiger partial charge in [-0.05, 0) is 32.6 Å². The maximum absolute atomic E-state index is 11.8. The van der Waals surface area contributed by atoms with E-state index in [9.17, 15) is 30.3 Å². The maximum atomic E-state index is 11.8. The molecule has 0 saturated heterocycles. The second kappa shape index (κ2) is 11.7. The van der Waals surface area contributed by atoms with Crippen LogP contribution in [0.25, 0.3) is 0 Å². The summed E-state index contributed by atoms with van der Waals surface area (Å²) in [7, 11) is 0. The molecule has 9 heteroatoms. The first kappa shape index (κ1) is 23.1. The average molecular weight is 378 g/mol. The molecule has 2 amide bonds. The lowest BCUT2D eigenvalue weighted by atomic mass is 10.0. The average Bonchev–Trinajstić information content (AvgIpc) is 2.72. The monoisotopic (exact) mass is 378 g/mol. The van der Waals surface area contributed by atoms with E-state index in [1.807, 2.05) is 0 Å². The molecule has 1 fully saturated rings. The highest BCUT2D eigenvalue weighted by Gasteiger charge is 2.35. The normalized spacial score (nSPS) is 30.1. The molecule has 7 unspecified atom stereocenters. The van der Waals surface area contributed by atoms with Gasteiger partial charge in [-0.2, -0.15) is 0 Å². The van der Waals surface area contributed by atoms with Gasteiger partial charge in [-0.25, -0.2) is 4.79 Å². The zero-order valence-corrected chi connectivity index (χ0v) is 15.5. The van der Waals surface area contributed by atoms with Crippen LogP contribution >= 0.6 is 0 Å². The van der Waals surface area contributed by atoms with E-state index in [-0.39, 0.29) is 13.0 Å². The van der Waals surface area contributed by atoms with Gasteiger partial charge in [0.05, 0.1) is 37.1 Å². The van der Waals surface area contributed by atoms with E-state index in [2.05, 4.69) is 10.6 Å². The van der Waals surface area contributed by atoms with Crippen molar-refractivity contribution >= 4 is 6.03 Å². The highest BCUT2D eigenvalue weighted by atomic mass is 16.5. The topological polar surface area (TPSA) is 152 Å². The van der Waals surface area contributed by atoms with Gasteiger partial charge in [-0.3, -0.25) is 0 Å². The number of hydrogen-bond acceptors (Lipinski definition) is 7. The fourth-order valence-electron chi connectivity index (χ4n) is 2.97. The predicted molar refractivity (Wildman–Crippen MR) is 94.5 cm³/mol. The fraction of sp³-hybridized carbons (Fsp3) is 0.941. The van der Waals surface area contributed by atoms with Crippen molar-refractivity contribution in [2.75, 3.05) is 13.2 Å². The first-order valence-corrected chi connectivity index (χ1v) is 9.36. The van der Waals surface area contributed by atoms with Gasteiger partial charge in [0.25, 0.3) is 0 Å². The van der Waals surface area contributed by atoms with Crippen LogP contribution in [-0.2, 0) is 4.74 Å². The molecule has 0 radical (unpaired) electrons. The van der Waals surface area contributed by atoms with Gasteiger partial charge >= 0.3 is 6.03 Å². The molecule has 0 heterocycles. The highest BCUT2D eigenvalue weighted by molar-refractivity contribution is 5.74. The third-order valence-corrected chi connectivity index (χ3v) is 4.71. The maximum Gasteiger partial charge on any atom is 0.315 e. The van der Waals surface area contributed by atoms with Gasteiger partial charge in [0, 0.05) is 13.0 Å². The Labute approximate surface area is 154 Å². The molecule has 1 aliphatic rings. The van der Waals surface area contributed by atoms with E-state index in [1.165, 1.54) is 0 Å². The van der Waals surface area contributed by atoms with Crippen LogP contribution in [0.5, 0.6) is 0 Å². The number of urea groups is 1. The molecule has 1 aliphatic carbocycles. The molecule has 26 heavy (non-hydrogen) atoms. The van der Waals surface area contributed by atoms with Crippen LogP contribution < -0.4 is 10.6 Å². The van der Waals surface area contributed by atoms with E-state index in [4.69, 9.17) is 4.74 Å². The Morgan fingerprint density at radius 3 is 2.46 bits per heavy atom. The van der Waals surface area contributed by atoms with Gasteiger partial charge < -0.3 is 40.9 Å². The van der Waals surface area contributed by atoms with E-state index in [0.717, 1.165) is 0 Å². The Balaban J connectivity index is 2.69. The van der Waals surface area contributed by atoms with Crippen molar-refractivity contribution < 1.29 is 35.1 Å². The molecule has 0 aromatic carbocycles. The van der Waals surface area contributed by atoms with Crippen molar-refractivity contribution in [1.82, 2.24) is 10.6 Å². The molecule has 1 saturated carbocycles. The standard InChI is InChI=1S/C17H34N2O7/c1-3-10(20)8-13(22)11(19-17(25)18-4-2)9-26-14-7-5-6-12(21)15(23)16(14)24/h10-16,20-24H,3-9H2,1-2H3,(H2,18,19,25). The molecular weight excluding hydrogens is 344 g/mol. The van der Waals surface area contributed by atoms with Crippen LogP contribution in [0.1, 0.15) is 46.0 Å². The van der Waals surface area contributed by atoms with Crippen molar-refractivity contribution in [3.05, 3.63) is 0 Å². The Bertz CT molecular complexity index is 413. The molecule has 0 bridgehead atoms. The smallest absolute Gasteiger partial charge is 0.315 e. The van der Waals surface area contributed by atoms with E-state index in [0.29, 0.717) is 32.2 Å². The highest BCUT2D eigenvalue weighted by Crippen LogP contribution is 2.22. The minimum atomic E-state index is -1.30. The van der Waals surface area contributed by atoms with Gasteiger partial charge in [-0.15, -0.1) is 0 Å². The summed E-state index contributed by atoms with van der Waals surface area (Å²) in [5.74, 6) is 0. The number of aliphatic hydroxyl groups is 5. The van der Waals surface area contributed by atoms with Crippen LogP contribution in [0.4, 0.5) is 4.79 Å². The lowest BCUT2D eigenvalue weighted by Crippen LogP contribution is -2.52. The molecule has 0 aliphatic heterocycles. The Kier molecular flexibility index (Phi) is 10.4. The summed E-state index contributed by atoms with van der Waals surface area (Å²) in [6.07, 6.45) is -4.10. The van der Waals surface area contributed by atoms with E-state index in [1.54, 1.807) is 13.8 Å². The lowest BCUT2D eigenvalue weighted by Gasteiger charge is -2.30. The number of ether oxygens (including phenoxy) is 1. The number of carbonyl (C=O) groups excluding carboxylic acids is 1. The molecule has 0 aromatic rings. The summed E-state index contributed by atoms with van der Waals surface area (Å²) in [6.45, 7) is 3.86. The number of amides is 2. The summed E-state index contributed by atoms with van der Waals surface area (Å²) in [5, 5.41) is 55.0. The molecule has 0 spiro atoms. The Morgan fingerprint density at radius 2 is 1.85 bits per heavy atom. The Morgan fingerprint density at radius 1 is 1.15 bits per heavy atom. The quantitative estimate of drug-likeness (QED) is 0.250. The number of hydrogen-bond donors (Lipinski definition) is 7. The molecule has 7 N–H and O–H groups in total. The molecule has 0 aromatic heterocycles. The first-order valence-electron chi connectivity index (χ1n) is 9.36. The van der Waals surface area contributed by atoms with Crippen LogP contribution in [0.2, 0.25) is 0 Å². The second-order valence-electron chi connectivity index (χ2n) is 6.83. The van der Waals surface area contributed by atoms with Gasteiger partial charge in [0.1, 0.15) is 12.2 Å². The molecule has 154 valence electrons. The fourth-order valence-corrected chi connectivity index (χ4v) is 2.97. The van der Waals surface area contributed by atoms with Crippen molar-refractivity contribution in [2.24, 2.45) is 0 Å². The van der Waals surface area contributed by atoms with Crippen molar-refractivity contribution in [3.8, 4) is 0 Å². The van der Waals surface area contributed by atoms with Crippen LogP contribution in [-0.4, -0.2) is 87.4 Å². The summed E-state index contributed by atoms with van der Waals surface area (Å²) >= 11 is 0. The molecular formula is C17H34N2O7. The van der Waals surface area contributed by atoms with E-state index < -0.39 is 48.7 Å². The van der Waals surface area contributed by atoms with Gasteiger partial charge in [-0.1, -0.05) is 6.92 Å². The Hall–Kier alpha value is -0.970. The van der Waals surface area contributed by atoms with Gasteiger partial charge in [0.2, 0.25) is 0 Å². The third-order valence-electron chi connectivity index (χ3n) is 4.71. The van der Waals surface area contributed by atoms with E-state index >= 15 is 0 Å².